The first-order valence-electron chi connectivity index (χ1n) is 9.43. The maximum Gasteiger partial charge on any atom is 0.308 e. The molecule has 0 aromatic heterocycles. The fraction of sp³-hybridized carbons (Fsp3) is 0.318. The summed E-state index contributed by atoms with van der Waals surface area (Å²) in [5, 5.41) is 9.60. The van der Waals surface area contributed by atoms with E-state index in [9.17, 15) is 18.3 Å². The highest BCUT2D eigenvalue weighted by atomic mass is 32.2. The molecule has 3 atom stereocenters. The van der Waals surface area contributed by atoms with E-state index >= 15 is 0 Å². The van der Waals surface area contributed by atoms with Gasteiger partial charge in [0.1, 0.15) is 0 Å². The van der Waals surface area contributed by atoms with Gasteiger partial charge in [-0.1, -0.05) is 54.1 Å². The maximum absolute atomic E-state index is 13.5. The highest BCUT2D eigenvalue weighted by Gasteiger charge is 2.45. The third kappa shape index (κ3) is 4.74. The number of carboxylic acid groups (broad SMARTS) is 1. The summed E-state index contributed by atoms with van der Waals surface area (Å²) in [5.74, 6) is -1.12. The molecule has 1 heterocycles. The zero-order valence-electron chi connectivity index (χ0n) is 16.3. The Kier molecular flexibility index (Phi) is 6.82. The number of thioether (sulfide) groups is 1. The van der Waals surface area contributed by atoms with Crippen molar-refractivity contribution in [1.29, 1.82) is 0 Å². The van der Waals surface area contributed by atoms with Crippen LogP contribution in [-0.4, -0.2) is 41.3 Å². The summed E-state index contributed by atoms with van der Waals surface area (Å²) in [5.41, 5.74) is 1.84. The molecular formula is C22H25NO4S2. The van der Waals surface area contributed by atoms with Crippen LogP contribution in [0.3, 0.4) is 0 Å². The van der Waals surface area contributed by atoms with E-state index in [2.05, 4.69) is 6.58 Å². The van der Waals surface area contributed by atoms with E-state index in [4.69, 9.17) is 0 Å². The second-order valence-electron chi connectivity index (χ2n) is 7.16. The number of sulfonamides is 1. The Morgan fingerprint density at radius 3 is 2.45 bits per heavy atom. The van der Waals surface area contributed by atoms with Crippen LogP contribution in [0.5, 0.6) is 0 Å². The van der Waals surface area contributed by atoms with Crippen LogP contribution >= 0.6 is 11.8 Å². The van der Waals surface area contributed by atoms with Gasteiger partial charge >= 0.3 is 5.97 Å². The third-order valence-electron chi connectivity index (χ3n) is 5.19. The molecule has 0 radical (unpaired) electrons. The zero-order chi connectivity index (χ0) is 21.0. The van der Waals surface area contributed by atoms with Crippen LogP contribution in [0, 0.1) is 12.8 Å². The average molecular weight is 432 g/mol. The third-order valence-corrected chi connectivity index (χ3v) is 8.45. The van der Waals surface area contributed by atoms with Crippen LogP contribution in [0.4, 0.5) is 0 Å². The molecule has 1 aliphatic rings. The molecule has 1 N–H and O–H groups in total. The predicted molar refractivity (Wildman–Crippen MR) is 116 cm³/mol. The van der Waals surface area contributed by atoms with Crippen molar-refractivity contribution >= 4 is 27.8 Å². The molecule has 29 heavy (non-hydrogen) atoms. The molecular weight excluding hydrogens is 406 g/mol. The summed E-state index contributed by atoms with van der Waals surface area (Å²) >= 11 is 1.52. The summed E-state index contributed by atoms with van der Waals surface area (Å²) in [4.78, 5) is 12.1. The number of rotatable bonds is 7. The Morgan fingerprint density at radius 2 is 1.86 bits per heavy atom. The fourth-order valence-corrected chi connectivity index (χ4v) is 6.43. The van der Waals surface area contributed by atoms with Crippen LogP contribution in [-0.2, 0) is 14.8 Å². The summed E-state index contributed by atoms with van der Waals surface area (Å²) in [6.45, 7) is 5.56. The Bertz CT molecular complexity index is 958. The quantitative estimate of drug-likeness (QED) is 0.668. The minimum absolute atomic E-state index is 0.0556. The maximum atomic E-state index is 13.5. The molecule has 1 aliphatic heterocycles. The topological polar surface area (TPSA) is 74.7 Å². The zero-order valence-corrected chi connectivity index (χ0v) is 17.9. The molecule has 0 unspecified atom stereocenters. The van der Waals surface area contributed by atoms with Crippen molar-refractivity contribution in [2.45, 2.75) is 29.5 Å². The van der Waals surface area contributed by atoms with Crippen LogP contribution in [0.2, 0.25) is 0 Å². The van der Waals surface area contributed by atoms with Crippen LogP contribution in [0.25, 0.3) is 0 Å². The molecule has 2 aromatic carbocycles. The van der Waals surface area contributed by atoms with Crippen molar-refractivity contribution in [2.24, 2.45) is 5.92 Å². The van der Waals surface area contributed by atoms with Crippen LogP contribution in [0.15, 0.2) is 72.1 Å². The first-order chi connectivity index (χ1) is 13.8. The highest BCUT2D eigenvalue weighted by molar-refractivity contribution is 8.00. The summed E-state index contributed by atoms with van der Waals surface area (Å²) in [6.07, 6.45) is 2.18. The van der Waals surface area contributed by atoms with E-state index in [0.717, 1.165) is 11.1 Å². The van der Waals surface area contributed by atoms with Gasteiger partial charge in [0.25, 0.3) is 0 Å². The molecule has 1 saturated heterocycles. The molecule has 0 aliphatic carbocycles. The Balaban J connectivity index is 2.04. The number of aliphatic carboxylic acids is 1. The minimum Gasteiger partial charge on any atom is -0.481 e. The number of benzene rings is 2. The lowest BCUT2D eigenvalue weighted by atomic mass is 9.90. The average Bonchev–Trinajstić information content (AvgIpc) is 2.72. The SMILES string of the molecule is C=CCS[C@@H]1C[C@@H](c2ccccc2)N(S(=O)(=O)c2ccc(C)cc2)C[C@H]1C(=O)O. The first kappa shape index (κ1) is 21.6. The number of aryl methyl sites for hydroxylation is 1. The van der Waals surface area contributed by atoms with Gasteiger partial charge in [-0.3, -0.25) is 4.79 Å². The second kappa shape index (κ2) is 9.15. The van der Waals surface area contributed by atoms with Crippen molar-refractivity contribution in [3.8, 4) is 0 Å². The smallest absolute Gasteiger partial charge is 0.308 e. The molecule has 1 fully saturated rings. The van der Waals surface area contributed by atoms with E-state index in [1.807, 2.05) is 37.3 Å². The second-order valence-corrected chi connectivity index (χ2v) is 10.3. The van der Waals surface area contributed by atoms with Crippen LogP contribution in [0.1, 0.15) is 23.6 Å². The lowest BCUT2D eigenvalue weighted by Crippen LogP contribution is -2.49. The lowest BCUT2D eigenvalue weighted by molar-refractivity contribution is -0.143. The lowest BCUT2D eigenvalue weighted by Gasteiger charge is -2.41. The number of carbonyl (C=O) groups is 1. The summed E-state index contributed by atoms with van der Waals surface area (Å²) in [6, 6.07) is 15.7. The van der Waals surface area contributed by atoms with Gasteiger partial charge in [-0.25, -0.2) is 8.42 Å². The normalized spacial score (nSPS) is 22.9. The van der Waals surface area contributed by atoms with Gasteiger partial charge in [0.2, 0.25) is 10.0 Å². The van der Waals surface area contributed by atoms with E-state index in [-0.39, 0.29) is 16.7 Å². The van der Waals surface area contributed by atoms with Crippen molar-refractivity contribution in [3.63, 3.8) is 0 Å². The Hall–Kier alpha value is -2.09. The molecule has 7 heteroatoms. The number of hydrogen-bond acceptors (Lipinski definition) is 4. The largest absolute Gasteiger partial charge is 0.481 e. The van der Waals surface area contributed by atoms with Gasteiger partial charge in [0.05, 0.1) is 16.9 Å². The number of carboxylic acids is 1. The van der Waals surface area contributed by atoms with E-state index in [1.165, 1.54) is 16.1 Å². The predicted octanol–water partition coefficient (Wildman–Crippen LogP) is 4.12. The number of hydrogen-bond donors (Lipinski definition) is 1. The van der Waals surface area contributed by atoms with Crippen LogP contribution < -0.4 is 0 Å². The molecule has 0 saturated carbocycles. The van der Waals surface area contributed by atoms with E-state index in [0.29, 0.717) is 12.2 Å². The van der Waals surface area contributed by atoms with Gasteiger partial charge < -0.3 is 5.11 Å². The standard InChI is InChI=1S/C22H25NO4S2/c1-3-13-28-21-14-20(17-7-5-4-6-8-17)23(15-19(21)22(24)25)29(26,27)18-11-9-16(2)10-12-18/h3-12,19-21H,1,13-15H2,2H3,(H,24,25)/t19-,20+,21-/m1/s1. The molecule has 0 spiro atoms. The molecule has 0 amide bonds. The molecule has 5 nitrogen and oxygen atoms in total. The van der Waals surface area contributed by atoms with Crippen molar-refractivity contribution < 1.29 is 18.3 Å². The molecule has 2 aromatic rings. The van der Waals surface area contributed by atoms with E-state index in [1.54, 1.807) is 30.3 Å². The summed E-state index contributed by atoms with van der Waals surface area (Å²) < 4.78 is 28.3. The Morgan fingerprint density at radius 1 is 1.21 bits per heavy atom. The molecule has 154 valence electrons. The van der Waals surface area contributed by atoms with Gasteiger partial charge in [-0.05, 0) is 31.0 Å². The van der Waals surface area contributed by atoms with Gasteiger partial charge in [0, 0.05) is 17.5 Å². The van der Waals surface area contributed by atoms with Gasteiger partial charge in [-0.15, -0.1) is 6.58 Å². The Labute approximate surface area is 176 Å². The van der Waals surface area contributed by atoms with Gasteiger partial charge in [0.15, 0.2) is 0 Å². The van der Waals surface area contributed by atoms with E-state index < -0.39 is 28.0 Å². The number of nitrogens with zero attached hydrogens (tertiary/aromatic N) is 1. The summed E-state index contributed by atoms with van der Waals surface area (Å²) in [7, 11) is -3.85. The van der Waals surface area contributed by atoms with Crippen molar-refractivity contribution in [2.75, 3.05) is 12.3 Å². The highest BCUT2D eigenvalue weighted by Crippen LogP contribution is 2.42. The first-order valence-corrected chi connectivity index (χ1v) is 11.9. The van der Waals surface area contributed by atoms with Crippen molar-refractivity contribution in [3.05, 3.63) is 78.4 Å². The monoisotopic (exact) mass is 431 g/mol. The van der Waals surface area contributed by atoms with Crippen molar-refractivity contribution in [1.82, 2.24) is 4.31 Å². The molecule has 0 bridgehead atoms. The fourth-order valence-electron chi connectivity index (χ4n) is 3.64. The van der Waals surface area contributed by atoms with Gasteiger partial charge in [-0.2, -0.15) is 16.1 Å². The minimum atomic E-state index is -3.85. The number of piperidine rings is 1. The molecule has 3 rings (SSSR count).